The molecule has 0 saturated carbocycles. The predicted molar refractivity (Wildman–Crippen MR) is 91.2 cm³/mol. The van der Waals surface area contributed by atoms with Crippen LogP contribution in [0.1, 0.15) is 44.2 Å². The molecule has 2 atom stereocenters. The summed E-state index contributed by atoms with van der Waals surface area (Å²) in [4.78, 5) is 26.2. The van der Waals surface area contributed by atoms with Gasteiger partial charge in [-0.3, -0.25) is 9.59 Å². The summed E-state index contributed by atoms with van der Waals surface area (Å²) in [7, 11) is 0. The van der Waals surface area contributed by atoms with Crippen LogP contribution >= 0.6 is 0 Å². The average Bonchev–Trinajstić information content (AvgIpc) is 2.95. The van der Waals surface area contributed by atoms with Crippen molar-refractivity contribution in [3.05, 3.63) is 35.4 Å². The Bertz CT molecular complexity index is 643. The quantitative estimate of drug-likeness (QED) is 0.881. The van der Waals surface area contributed by atoms with E-state index in [1.807, 2.05) is 38.1 Å². The van der Waals surface area contributed by atoms with Crippen molar-refractivity contribution in [2.75, 3.05) is 13.1 Å². The number of benzene rings is 1. The molecule has 1 aliphatic carbocycles. The van der Waals surface area contributed by atoms with Crippen LogP contribution in [-0.2, 0) is 21.6 Å². The largest absolute Gasteiger partial charge is 0.383 e. The van der Waals surface area contributed by atoms with E-state index in [0.29, 0.717) is 13.0 Å². The third kappa shape index (κ3) is 3.18. The maximum atomic E-state index is 12.5. The van der Waals surface area contributed by atoms with E-state index in [1.165, 1.54) is 0 Å². The van der Waals surface area contributed by atoms with Gasteiger partial charge in [0.15, 0.2) is 0 Å². The molecule has 5 heteroatoms. The van der Waals surface area contributed by atoms with E-state index in [2.05, 4.69) is 5.32 Å². The van der Waals surface area contributed by atoms with Crippen LogP contribution in [0.15, 0.2) is 24.3 Å². The van der Waals surface area contributed by atoms with Crippen molar-refractivity contribution < 1.29 is 14.7 Å². The van der Waals surface area contributed by atoms with Crippen LogP contribution in [0.25, 0.3) is 0 Å². The lowest BCUT2D eigenvalue weighted by Crippen LogP contribution is -2.45. The Balaban J connectivity index is 1.64. The number of nitrogens with one attached hydrogen (secondary N) is 1. The second-order valence-corrected chi connectivity index (χ2v) is 7.30. The zero-order valence-electron chi connectivity index (χ0n) is 14.4. The van der Waals surface area contributed by atoms with Gasteiger partial charge < -0.3 is 15.3 Å². The van der Waals surface area contributed by atoms with Gasteiger partial charge in [0, 0.05) is 19.0 Å². The summed E-state index contributed by atoms with van der Waals surface area (Å²) in [6.45, 7) is 4.59. The smallest absolute Gasteiger partial charge is 0.225 e. The van der Waals surface area contributed by atoms with Gasteiger partial charge >= 0.3 is 0 Å². The monoisotopic (exact) mass is 330 g/mol. The molecule has 1 fully saturated rings. The maximum absolute atomic E-state index is 12.5. The van der Waals surface area contributed by atoms with Gasteiger partial charge in [0.1, 0.15) is 5.60 Å². The molecule has 24 heavy (non-hydrogen) atoms. The molecule has 2 unspecified atom stereocenters. The summed E-state index contributed by atoms with van der Waals surface area (Å²) in [6, 6.07) is 8.00. The zero-order valence-corrected chi connectivity index (χ0v) is 14.4. The third-order valence-corrected chi connectivity index (χ3v) is 5.26. The number of likely N-dealkylation sites (tertiary alicyclic amines) is 1. The van der Waals surface area contributed by atoms with Crippen molar-refractivity contribution in [2.24, 2.45) is 5.92 Å². The Morgan fingerprint density at radius 1 is 1.42 bits per heavy atom. The van der Waals surface area contributed by atoms with E-state index in [1.54, 1.807) is 4.90 Å². The van der Waals surface area contributed by atoms with Crippen LogP contribution in [-0.4, -0.2) is 41.0 Å². The molecule has 1 saturated heterocycles. The number of fused-ring (bicyclic) bond motifs is 1. The normalized spacial score (nSPS) is 26.6. The number of carbonyl (C=O) groups is 2. The number of carbonyl (C=O) groups excluding carboxylic acids is 2. The fourth-order valence-electron chi connectivity index (χ4n) is 3.87. The molecule has 1 aliphatic heterocycles. The van der Waals surface area contributed by atoms with E-state index >= 15 is 0 Å². The first-order valence-corrected chi connectivity index (χ1v) is 8.78. The molecule has 130 valence electrons. The number of rotatable bonds is 4. The van der Waals surface area contributed by atoms with Crippen molar-refractivity contribution in [1.29, 1.82) is 0 Å². The summed E-state index contributed by atoms with van der Waals surface area (Å²) in [5.74, 6) is -0.419. The highest BCUT2D eigenvalue weighted by molar-refractivity contribution is 5.89. The molecule has 2 N–H and O–H groups in total. The van der Waals surface area contributed by atoms with Crippen LogP contribution in [0, 0.1) is 5.92 Å². The molecule has 3 rings (SSSR count). The van der Waals surface area contributed by atoms with Crippen molar-refractivity contribution >= 4 is 11.8 Å². The highest BCUT2D eigenvalue weighted by Crippen LogP contribution is 2.34. The van der Waals surface area contributed by atoms with Crippen molar-refractivity contribution in [3.8, 4) is 0 Å². The lowest BCUT2D eigenvalue weighted by atomic mass is 9.79. The number of aryl methyl sites for hydroxylation is 1. The average molecular weight is 330 g/mol. The summed E-state index contributed by atoms with van der Waals surface area (Å²) in [6.07, 6.45) is 2.78. The molecule has 0 spiro atoms. The van der Waals surface area contributed by atoms with Crippen molar-refractivity contribution in [1.82, 2.24) is 10.2 Å². The van der Waals surface area contributed by atoms with Crippen LogP contribution in [0.4, 0.5) is 0 Å². The Labute approximate surface area is 143 Å². The van der Waals surface area contributed by atoms with Crippen molar-refractivity contribution in [3.63, 3.8) is 0 Å². The summed E-state index contributed by atoms with van der Waals surface area (Å²) in [5.41, 5.74) is 1.07. The van der Waals surface area contributed by atoms with Crippen LogP contribution < -0.4 is 5.32 Å². The van der Waals surface area contributed by atoms with E-state index in [9.17, 15) is 14.7 Å². The van der Waals surface area contributed by atoms with Crippen LogP contribution in [0.5, 0.6) is 0 Å². The molecule has 1 aromatic rings. The molecule has 0 radical (unpaired) electrons. The second kappa shape index (κ2) is 6.55. The highest BCUT2D eigenvalue weighted by atomic mass is 16.3. The van der Waals surface area contributed by atoms with Gasteiger partial charge in [-0.15, -0.1) is 0 Å². The summed E-state index contributed by atoms with van der Waals surface area (Å²) < 4.78 is 0. The molecule has 0 bridgehead atoms. The topological polar surface area (TPSA) is 69.6 Å². The first-order chi connectivity index (χ1) is 11.4. The third-order valence-electron chi connectivity index (χ3n) is 5.26. The standard InChI is InChI=1S/C19H26N2O3/c1-13(2)21-11-15(10-17(21)22)18(23)20-12-19(24)9-5-7-14-6-3-4-8-16(14)19/h3-4,6,8,13,15,24H,5,7,9-12H2,1-2H3,(H,20,23). The Morgan fingerprint density at radius 2 is 2.17 bits per heavy atom. The van der Waals surface area contributed by atoms with Gasteiger partial charge in [0.05, 0.1) is 12.5 Å². The van der Waals surface area contributed by atoms with E-state index in [4.69, 9.17) is 0 Å². The van der Waals surface area contributed by atoms with E-state index < -0.39 is 5.60 Å². The summed E-state index contributed by atoms with van der Waals surface area (Å²) in [5, 5.41) is 13.9. The van der Waals surface area contributed by atoms with E-state index in [0.717, 1.165) is 24.0 Å². The minimum Gasteiger partial charge on any atom is -0.383 e. The molecule has 5 nitrogen and oxygen atoms in total. The van der Waals surface area contributed by atoms with E-state index in [-0.39, 0.29) is 36.7 Å². The molecular formula is C19H26N2O3. The predicted octanol–water partition coefficient (Wildman–Crippen LogP) is 1.58. The zero-order chi connectivity index (χ0) is 17.3. The lowest BCUT2D eigenvalue weighted by molar-refractivity contribution is -0.130. The molecule has 2 amide bonds. The van der Waals surface area contributed by atoms with Gasteiger partial charge in [-0.25, -0.2) is 0 Å². The minimum atomic E-state index is -1.01. The number of hydrogen-bond donors (Lipinski definition) is 2. The number of hydrogen-bond acceptors (Lipinski definition) is 3. The lowest BCUT2D eigenvalue weighted by Gasteiger charge is -2.35. The highest BCUT2D eigenvalue weighted by Gasteiger charge is 2.38. The Hall–Kier alpha value is -1.88. The maximum Gasteiger partial charge on any atom is 0.225 e. The first kappa shape index (κ1) is 17.0. The molecule has 2 aliphatic rings. The van der Waals surface area contributed by atoms with Crippen LogP contribution in [0.3, 0.4) is 0 Å². The molecule has 1 heterocycles. The number of nitrogens with zero attached hydrogens (tertiary/aromatic N) is 1. The first-order valence-electron chi connectivity index (χ1n) is 8.78. The number of aliphatic hydroxyl groups is 1. The van der Waals surface area contributed by atoms with Gasteiger partial charge in [-0.05, 0) is 44.2 Å². The SMILES string of the molecule is CC(C)N1CC(C(=O)NCC2(O)CCCc3ccccc32)CC1=O. The molecule has 0 aromatic heterocycles. The Kier molecular flexibility index (Phi) is 4.63. The van der Waals surface area contributed by atoms with Crippen LogP contribution in [0.2, 0.25) is 0 Å². The fraction of sp³-hybridized carbons (Fsp3) is 0.579. The van der Waals surface area contributed by atoms with Gasteiger partial charge in [-0.2, -0.15) is 0 Å². The Morgan fingerprint density at radius 3 is 2.88 bits per heavy atom. The molecular weight excluding hydrogens is 304 g/mol. The van der Waals surface area contributed by atoms with Crippen molar-refractivity contribution in [2.45, 2.75) is 51.2 Å². The minimum absolute atomic E-state index is 0.0341. The van der Waals surface area contributed by atoms with Gasteiger partial charge in [-0.1, -0.05) is 24.3 Å². The van der Waals surface area contributed by atoms with Gasteiger partial charge in [0.25, 0.3) is 0 Å². The second-order valence-electron chi connectivity index (χ2n) is 7.30. The van der Waals surface area contributed by atoms with Gasteiger partial charge in [0.2, 0.25) is 11.8 Å². The fourth-order valence-corrected chi connectivity index (χ4v) is 3.87. The molecule has 1 aromatic carbocycles. The summed E-state index contributed by atoms with van der Waals surface area (Å²) >= 11 is 0. The number of amides is 2.